The van der Waals surface area contributed by atoms with Gasteiger partial charge in [-0.3, -0.25) is 0 Å². The average molecular weight is 353 g/mol. The first-order chi connectivity index (χ1) is 10.2. The molecule has 0 spiro atoms. The SMILES string of the molecule is Fc1c(-c2ccc(CCCBr)cc2)ccc(C2CO2)c1F. The van der Waals surface area contributed by atoms with Crippen LogP contribution in [0.2, 0.25) is 0 Å². The number of alkyl halides is 1. The van der Waals surface area contributed by atoms with Crippen molar-refractivity contribution in [2.45, 2.75) is 18.9 Å². The number of hydrogen-bond donors (Lipinski definition) is 0. The number of epoxide rings is 1. The maximum absolute atomic E-state index is 14.2. The van der Waals surface area contributed by atoms with Gasteiger partial charge < -0.3 is 4.74 Å². The van der Waals surface area contributed by atoms with Crippen molar-refractivity contribution in [3.05, 3.63) is 59.2 Å². The smallest absolute Gasteiger partial charge is 0.167 e. The molecule has 0 amide bonds. The van der Waals surface area contributed by atoms with Crippen molar-refractivity contribution >= 4 is 15.9 Å². The van der Waals surface area contributed by atoms with E-state index in [0.29, 0.717) is 23.3 Å². The van der Waals surface area contributed by atoms with Crippen LogP contribution in [0.15, 0.2) is 36.4 Å². The molecule has 0 bridgehead atoms. The molecule has 0 radical (unpaired) electrons. The lowest BCUT2D eigenvalue weighted by atomic mass is 9.99. The average Bonchev–Trinajstić information content (AvgIpc) is 3.33. The Hall–Kier alpha value is -1.26. The summed E-state index contributed by atoms with van der Waals surface area (Å²) < 4.78 is 33.2. The molecule has 1 unspecified atom stereocenters. The van der Waals surface area contributed by atoms with Crippen molar-refractivity contribution < 1.29 is 13.5 Å². The highest BCUT2D eigenvalue weighted by molar-refractivity contribution is 9.09. The van der Waals surface area contributed by atoms with Gasteiger partial charge in [0.1, 0.15) is 6.10 Å². The van der Waals surface area contributed by atoms with Crippen molar-refractivity contribution in [2.24, 2.45) is 0 Å². The summed E-state index contributed by atoms with van der Waals surface area (Å²) in [4.78, 5) is 0. The van der Waals surface area contributed by atoms with E-state index in [9.17, 15) is 8.78 Å². The van der Waals surface area contributed by atoms with Gasteiger partial charge in [-0.2, -0.15) is 0 Å². The second-order valence-electron chi connectivity index (χ2n) is 5.14. The molecule has 0 aromatic heterocycles. The third-order valence-corrected chi connectivity index (χ3v) is 4.22. The molecule has 110 valence electrons. The molecular formula is C17H15BrF2O. The van der Waals surface area contributed by atoms with Gasteiger partial charge in [0, 0.05) is 16.5 Å². The predicted octanol–water partition coefficient (Wildman–Crippen LogP) is 5.03. The van der Waals surface area contributed by atoms with E-state index in [1.54, 1.807) is 12.1 Å². The van der Waals surface area contributed by atoms with Crippen molar-refractivity contribution in [1.82, 2.24) is 0 Å². The number of rotatable bonds is 5. The van der Waals surface area contributed by atoms with E-state index < -0.39 is 11.6 Å². The second-order valence-corrected chi connectivity index (χ2v) is 5.93. The quantitative estimate of drug-likeness (QED) is 0.543. The highest BCUT2D eigenvalue weighted by Crippen LogP contribution is 2.35. The molecule has 0 saturated carbocycles. The van der Waals surface area contributed by atoms with E-state index in [1.807, 2.05) is 24.3 Å². The predicted molar refractivity (Wildman–Crippen MR) is 82.6 cm³/mol. The summed E-state index contributed by atoms with van der Waals surface area (Å²) in [6, 6.07) is 10.9. The zero-order chi connectivity index (χ0) is 14.8. The van der Waals surface area contributed by atoms with E-state index in [-0.39, 0.29) is 6.10 Å². The molecule has 1 fully saturated rings. The first kappa shape index (κ1) is 14.7. The fourth-order valence-corrected chi connectivity index (χ4v) is 2.67. The Labute approximate surface area is 131 Å². The summed E-state index contributed by atoms with van der Waals surface area (Å²) in [5, 5.41) is 0.958. The summed E-state index contributed by atoms with van der Waals surface area (Å²) >= 11 is 3.40. The Balaban J connectivity index is 1.87. The van der Waals surface area contributed by atoms with E-state index in [4.69, 9.17) is 4.74 Å². The summed E-state index contributed by atoms with van der Waals surface area (Å²) in [5.41, 5.74) is 2.49. The zero-order valence-corrected chi connectivity index (χ0v) is 13.0. The molecule has 4 heteroatoms. The van der Waals surface area contributed by atoms with Crippen molar-refractivity contribution in [1.29, 1.82) is 0 Å². The topological polar surface area (TPSA) is 12.5 Å². The summed E-state index contributed by atoms with van der Waals surface area (Å²) in [7, 11) is 0. The molecule has 1 saturated heterocycles. The van der Waals surface area contributed by atoms with Crippen LogP contribution in [-0.4, -0.2) is 11.9 Å². The Bertz CT molecular complexity index is 636. The van der Waals surface area contributed by atoms with E-state index in [0.717, 1.165) is 18.2 Å². The van der Waals surface area contributed by atoms with Crippen LogP contribution in [0.25, 0.3) is 11.1 Å². The van der Waals surface area contributed by atoms with Crippen LogP contribution in [0, 0.1) is 11.6 Å². The van der Waals surface area contributed by atoms with Crippen LogP contribution in [0.1, 0.15) is 23.7 Å². The van der Waals surface area contributed by atoms with Gasteiger partial charge in [0.2, 0.25) is 0 Å². The molecular weight excluding hydrogens is 338 g/mol. The van der Waals surface area contributed by atoms with Gasteiger partial charge in [0.05, 0.1) is 6.61 Å². The van der Waals surface area contributed by atoms with Gasteiger partial charge in [0.15, 0.2) is 11.6 Å². The molecule has 1 aliphatic rings. The van der Waals surface area contributed by atoms with Crippen LogP contribution in [0.5, 0.6) is 0 Å². The minimum absolute atomic E-state index is 0.278. The van der Waals surface area contributed by atoms with Crippen LogP contribution in [0.3, 0.4) is 0 Å². The van der Waals surface area contributed by atoms with E-state index in [1.165, 1.54) is 5.56 Å². The Morgan fingerprint density at radius 3 is 2.38 bits per heavy atom. The lowest BCUT2D eigenvalue weighted by Gasteiger charge is -2.08. The van der Waals surface area contributed by atoms with Crippen LogP contribution in [0.4, 0.5) is 8.78 Å². The molecule has 2 aromatic carbocycles. The fraction of sp³-hybridized carbons (Fsp3) is 0.294. The van der Waals surface area contributed by atoms with Gasteiger partial charge in [0.25, 0.3) is 0 Å². The Morgan fingerprint density at radius 2 is 1.76 bits per heavy atom. The molecule has 3 rings (SSSR count). The molecule has 0 N–H and O–H groups in total. The van der Waals surface area contributed by atoms with Gasteiger partial charge in [-0.15, -0.1) is 0 Å². The maximum Gasteiger partial charge on any atom is 0.167 e. The lowest BCUT2D eigenvalue weighted by molar-refractivity contribution is 0.401. The Morgan fingerprint density at radius 1 is 1.05 bits per heavy atom. The molecule has 1 heterocycles. The third kappa shape index (κ3) is 3.16. The number of aryl methyl sites for hydroxylation is 1. The fourth-order valence-electron chi connectivity index (χ4n) is 2.39. The van der Waals surface area contributed by atoms with Gasteiger partial charge in [-0.25, -0.2) is 8.78 Å². The number of ether oxygens (including phenoxy) is 1. The van der Waals surface area contributed by atoms with E-state index in [2.05, 4.69) is 15.9 Å². The highest BCUT2D eigenvalue weighted by Gasteiger charge is 2.30. The molecule has 0 aliphatic carbocycles. The minimum Gasteiger partial charge on any atom is -0.368 e. The third-order valence-electron chi connectivity index (χ3n) is 3.66. The Kier molecular flexibility index (Phi) is 4.36. The van der Waals surface area contributed by atoms with Crippen molar-refractivity contribution in [3.8, 4) is 11.1 Å². The molecule has 1 nitrogen and oxygen atoms in total. The first-order valence-corrected chi connectivity index (χ1v) is 8.07. The van der Waals surface area contributed by atoms with Crippen molar-refractivity contribution in [3.63, 3.8) is 0 Å². The number of benzene rings is 2. The molecule has 1 aliphatic heterocycles. The van der Waals surface area contributed by atoms with Gasteiger partial charge in [-0.05, 0) is 24.0 Å². The molecule has 2 aromatic rings. The summed E-state index contributed by atoms with van der Waals surface area (Å²) in [6.45, 7) is 0.470. The largest absolute Gasteiger partial charge is 0.368 e. The van der Waals surface area contributed by atoms with Crippen LogP contribution >= 0.6 is 15.9 Å². The number of hydrogen-bond acceptors (Lipinski definition) is 1. The zero-order valence-electron chi connectivity index (χ0n) is 11.4. The summed E-state index contributed by atoms with van der Waals surface area (Å²) in [6.07, 6.45) is 1.75. The maximum atomic E-state index is 14.2. The monoisotopic (exact) mass is 352 g/mol. The van der Waals surface area contributed by atoms with E-state index >= 15 is 0 Å². The highest BCUT2D eigenvalue weighted by atomic mass is 79.9. The lowest BCUT2D eigenvalue weighted by Crippen LogP contribution is -1.96. The molecule has 1 atom stereocenters. The van der Waals surface area contributed by atoms with Crippen LogP contribution in [-0.2, 0) is 11.2 Å². The van der Waals surface area contributed by atoms with Gasteiger partial charge in [-0.1, -0.05) is 52.3 Å². The first-order valence-electron chi connectivity index (χ1n) is 6.95. The summed E-state index contributed by atoms with van der Waals surface area (Å²) in [5.74, 6) is -1.59. The second kappa shape index (κ2) is 6.24. The number of halogens is 3. The normalized spacial score (nSPS) is 17.0. The standard InChI is InChI=1S/C17H15BrF2O/c18-9-1-2-11-3-5-12(6-4-11)13-7-8-14(15-10-21-15)17(20)16(13)19/h3-8,15H,1-2,9-10H2. The van der Waals surface area contributed by atoms with Crippen molar-refractivity contribution in [2.75, 3.05) is 11.9 Å². The molecule has 21 heavy (non-hydrogen) atoms. The van der Waals surface area contributed by atoms with Gasteiger partial charge >= 0.3 is 0 Å². The minimum atomic E-state index is -0.795. The van der Waals surface area contributed by atoms with Crippen LogP contribution < -0.4 is 0 Å².